The Morgan fingerprint density at radius 2 is 1.17 bits per heavy atom. The van der Waals surface area contributed by atoms with Crippen LogP contribution in [0.2, 0.25) is 0 Å². The van der Waals surface area contributed by atoms with E-state index in [1.54, 1.807) is 0 Å². The number of aliphatic hydroxyl groups excluding tert-OH is 1. The number of quaternary nitrogens is 1. The van der Waals surface area contributed by atoms with E-state index in [9.17, 15) is 19.4 Å². The van der Waals surface area contributed by atoms with Gasteiger partial charge in [0, 0.05) is 6.42 Å². The van der Waals surface area contributed by atoms with Crippen LogP contribution in [0, 0.1) is 0 Å². The number of nitrogens with zero attached hydrogens (tertiary/aromatic N) is 1. The number of likely N-dealkylation sites (N-methyl/N-ethyl adjacent to an activating group) is 1. The van der Waals surface area contributed by atoms with E-state index in [0.29, 0.717) is 23.9 Å². The Morgan fingerprint density at radius 1 is 0.692 bits per heavy atom. The van der Waals surface area contributed by atoms with Gasteiger partial charge in [-0.1, -0.05) is 145 Å². The first kappa shape index (κ1) is 49.9. The maximum atomic E-state index is 12.8. The third kappa shape index (κ3) is 36.3. The highest BCUT2D eigenvalue weighted by Gasteiger charge is 2.24. The van der Waals surface area contributed by atoms with Gasteiger partial charge >= 0.3 is 0 Å². The second kappa shape index (κ2) is 34.7. The topological polar surface area (TPSA) is 108 Å². The highest BCUT2D eigenvalue weighted by molar-refractivity contribution is 7.45. The van der Waals surface area contributed by atoms with Crippen molar-refractivity contribution in [3.8, 4) is 0 Å². The average molecular weight is 749 g/mol. The van der Waals surface area contributed by atoms with Crippen molar-refractivity contribution in [2.45, 2.75) is 154 Å². The molecule has 2 N–H and O–H groups in total. The molecule has 0 aliphatic carbocycles. The lowest BCUT2D eigenvalue weighted by atomic mass is 10.0. The average Bonchev–Trinajstić information content (AvgIpc) is 3.09. The van der Waals surface area contributed by atoms with Crippen LogP contribution in [0.15, 0.2) is 72.9 Å². The fraction of sp³-hybridized carbons (Fsp3) is 0.698. The zero-order valence-electron chi connectivity index (χ0n) is 33.7. The Balaban J connectivity index is 4.32. The predicted molar refractivity (Wildman–Crippen MR) is 219 cm³/mol. The quantitative estimate of drug-likeness (QED) is 0.0289. The van der Waals surface area contributed by atoms with Crippen molar-refractivity contribution in [3.63, 3.8) is 0 Å². The maximum Gasteiger partial charge on any atom is 0.268 e. The van der Waals surface area contributed by atoms with Crippen molar-refractivity contribution in [1.82, 2.24) is 5.32 Å². The molecule has 0 heterocycles. The van der Waals surface area contributed by atoms with Crippen molar-refractivity contribution in [2.24, 2.45) is 0 Å². The molecular weight excluding hydrogens is 671 g/mol. The molecule has 0 aliphatic rings. The summed E-state index contributed by atoms with van der Waals surface area (Å²) in [5.41, 5.74) is 0. The molecule has 3 unspecified atom stereocenters. The number of aliphatic hydroxyl groups is 1. The first-order valence-corrected chi connectivity index (χ1v) is 21.7. The van der Waals surface area contributed by atoms with E-state index in [1.807, 2.05) is 21.1 Å². The van der Waals surface area contributed by atoms with Gasteiger partial charge in [-0.05, 0) is 64.2 Å². The minimum absolute atomic E-state index is 0.00197. The van der Waals surface area contributed by atoms with E-state index in [2.05, 4.69) is 92.1 Å². The Kier molecular flexibility index (Phi) is 33.3. The molecule has 0 aromatic heterocycles. The van der Waals surface area contributed by atoms with Gasteiger partial charge in [0.2, 0.25) is 5.91 Å². The molecule has 0 aromatic carbocycles. The Labute approximate surface area is 319 Å². The number of hydrogen-bond acceptors (Lipinski definition) is 6. The lowest BCUT2D eigenvalue weighted by molar-refractivity contribution is -0.870. The number of amides is 1. The van der Waals surface area contributed by atoms with E-state index >= 15 is 0 Å². The van der Waals surface area contributed by atoms with Gasteiger partial charge in [0.05, 0.1) is 39.9 Å². The van der Waals surface area contributed by atoms with Gasteiger partial charge in [-0.15, -0.1) is 0 Å². The van der Waals surface area contributed by atoms with Crippen LogP contribution < -0.4 is 10.2 Å². The monoisotopic (exact) mass is 749 g/mol. The summed E-state index contributed by atoms with van der Waals surface area (Å²) in [6.07, 6.45) is 45.0. The van der Waals surface area contributed by atoms with E-state index in [-0.39, 0.29) is 19.1 Å². The minimum atomic E-state index is -4.56. The summed E-state index contributed by atoms with van der Waals surface area (Å²) in [7, 11) is 1.27. The molecule has 0 spiro atoms. The van der Waals surface area contributed by atoms with Crippen LogP contribution in [0.1, 0.15) is 142 Å². The van der Waals surface area contributed by atoms with Crippen LogP contribution in [0.25, 0.3) is 0 Å². The van der Waals surface area contributed by atoms with Crippen LogP contribution in [-0.4, -0.2) is 68.5 Å². The number of rotatable bonds is 35. The summed E-state index contributed by atoms with van der Waals surface area (Å²) >= 11 is 0. The fourth-order valence-corrected chi connectivity index (χ4v) is 5.94. The Morgan fingerprint density at radius 3 is 1.71 bits per heavy atom. The van der Waals surface area contributed by atoms with E-state index in [1.165, 1.54) is 25.7 Å². The fourth-order valence-electron chi connectivity index (χ4n) is 5.22. The third-order valence-corrected chi connectivity index (χ3v) is 9.42. The third-order valence-electron chi connectivity index (χ3n) is 8.46. The second-order valence-electron chi connectivity index (χ2n) is 14.6. The van der Waals surface area contributed by atoms with Crippen LogP contribution in [0.3, 0.4) is 0 Å². The largest absolute Gasteiger partial charge is 0.756 e. The van der Waals surface area contributed by atoms with Crippen LogP contribution in [0.4, 0.5) is 0 Å². The molecule has 0 saturated carbocycles. The highest BCUT2D eigenvalue weighted by atomic mass is 31.2. The number of nitrogens with one attached hydrogen (secondary N) is 1. The van der Waals surface area contributed by atoms with Crippen LogP contribution >= 0.6 is 7.82 Å². The lowest BCUT2D eigenvalue weighted by Gasteiger charge is -2.30. The molecule has 0 bridgehead atoms. The van der Waals surface area contributed by atoms with E-state index in [4.69, 9.17) is 9.05 Å². The Hall–Kier alpha value is -2.06. The molecular formula is C43H77N2O6P. The maximum absolute atomic E-state index is 12.8. The molecule has 0 aliphatic heterocycles. The molecule has 0 fully saturated rings. The number of carbonyl (C=O) groups excluding carboxylic acids is 1. The van der Waals surface area contributed by atoms with Crippen LogP contribution in [0.5, 0.6) is 0 Å². The second-order valence-corrected chi connectivity index (χ2v) is 16.0. The summed E-state index contributed by atoms with van der Waals surface area (Å²) in [6, 6.07) is -0.815. The normalized spacial score (nSPS) is 15.3. The van der Waals surface area contributed by atoms with Gasteiger partial charge in [-0.2, -0.15) is 0 Å². The molecule has 3 atom stereocenters. The zero-order valence-corrected chi connectivity index (χ0v) is 34.6. The van der Waals surface area contributed by atoms with Gasteiger partial charge in [0.1, 0.15) is 13.2 Å². The van der Waals surface area contributed by atoms with Gasteiger partial charge in [0.15, 0.2) is 0 Å². The molecule has 300 valence electrons. The number of phosphoric acid groups is 1. The van der Waals surface area contributed by atoms with E-state index in [0.717, 1.165) is 89.9 Å². The number of carbonyl (C=O) groups is 1. The number of allylic oxidation sites excluding steroid dienone is 12. The first-order chi connectivity index (χ1) is 25.0. The standard InChI is InChI=1S/C43H77N2O6P/c1-6-8-10-12-14-15-16-17-18-19-20-21-22-23-24-25-26-27-28-29-31-33-35-37-43(47)44-41(42(46)36-34-32-30-13-11-9-7-2)40-51-52(48,49)50-39-38-45(3,4)5/h8,10,14-15,17-18,20-21,23-24,26-27,41-42,46H,6-7,9,11-13,16,19,22,25,28-40H2,1-5H3,(H-,44,47,48,49)/b10-8-,15-14-,18-17-,21-20-,24-23-,27-26-. The summed E-state index contributed by atoms with van der Waals surface area (Å²) < 4.78 is 23.1. The molecule has 52 heavy (non-hydrogen) atoms. The minimum Gasteiger partial charge on any atom is -0.756 e. The van der Waals surface area contributed by atoms with Crippen molar-refractivity contribution in [3.05, 3.63) is 72.9 Å². The zero-order chi connectivity index (χ0) is 38.6. The first-order valence-electron chi connectivity index (χ1n) is 20.3. The SMILES string of the molecule is CC/C=C\C/C=C\C/C=C\C/C=C\C/C=C\C/C=C\CCCCCCC(=O)NC(COP(=O)([O-])OCC[N+](C)(C)C)C(O)CCCCCCCCC. The summed E-state index contributed by atoms with van der Waals surface area (Å²) in [6.45, 7) is 4.50. The number of hydrogen-bond donors (Lipinski definition) is 2. The van der Waals surface area contributed by atoms with Gasteiger partial charge in [-0.3, -0.25) is 9.36 Å². The van der Waals surface area contributed by atoms with Crippen molar-refractivity contribution in [2.75, 3.05) is 40.9 Å². The number of phosphoric ester groups is 1. The summed E-state index contributed by atoms with van der Waals surface area (Å²) in [4.78, 5) is 25.1. The molecule has 0 rings (SSSR count). The molecule has 0 radical (unpaired) electrons. The molecule has 1 amide bonds. The molecule has 9 heteroatoms. The highest BCUT2D eigenvalue weighted by Crippen LogP contribution is 2.38. The van der Waals surface area contributed by atoms with Crippen LogP contribution in [-0.2, 0) is 18.4 Å². The molecule has 0 saturated heterocycles. The van der Waals surface area contributed by atoms with Gasteiger partial charge in [0.25, 0.3) is 7.82 Å². The molecule has 8 nitrogen and oxygen atoms in total. The smallest absolute Gasteiger partial charge is 0.268 e. The van der Waals surface area contributed by atoms with E-state index < -0.39 is 20.0 Å². The van der Waals surface area contributed by atoms with Crippen molar-refractivity contribution in [1.29, 1.82) is 0 Å². The van der Waals surface area contributed by atoms with Crippen molar-refractivity contribution >= 4 is 13.7 Å². The predicted octanol–water partition coefficient (Wildman–Crippen LogP) is 10.2. The summed E-state index contributed by atoms with van der Waals surface area (Å²) in [5, 5.41) is 13.7. The van der Waals surface area contributed by atoms with Gasteiger partial charge < -0.3 is 28.8 Å². The summed E-state index contributed by atoms with van der Waals surface area (Å²) in [5.74, 6) is -0.198. The molecule has 0 aromatic rings. The van der Waals surface area contributed by atoms with Crippen molar-refractivity contribution < 1.29 is 32.9 Å². The number of unbranched alkanes of at least 4 members (excludes halogenated alkanes) is 10. The van der Waals surface area contributed by atoms with Gasteiger partial charge in [-0.25, -0.2) is 0 Å². The lowest BCUT2D eigenvalue weighted by Crippen LogP contribution is -2.46. The Bertz CT molecular complexity index is 1080.